The number of rotatable bonds is 5. The number of amides is 1. The second-order valence-electron chi connectivity index (χ2n) is 6.38. The van der Waals surface area contributed by atoms with E-state index in [1.807, 2.05) is 25.1 Å². The average molecular weight is 330 g/mol. The molecule has 1 atom stereocenters. The number of fused-ring (bicyclic) bond motifs is 1. The van der Waals surface area contributed by atoms with Gasteiger partial charge >= 0.3 is 5.97 Å². The van der Waals surface area contributed by atoms with Gasteiger partial charge in [-0.15, -0.1) is 0 Å². The van der Waals surface area contributed by atoms with Crippen LogP contribution in [0.4, 0.5) is 0 Å². The molecule has 0 radical (unpaired) electrons. The molecule has 128 valence electrons. The number of ether oxygens (including phenoxy) is 1. The molecule has 1 aromatic carbocycles. The molecule has 0 saturated carbocycles. The minimum atomic E-state index is -0.866. The lowest BCUT2D eigenvalue weighted by Crippen LogP contribution is -2.39. The molecule has 1 aliphatic heterocycles. The number of carboxylic acid groups (broad SMARTS) is 1. The zero-order valence-corrected chi connectivity index (χ0v) is 13.7. The van der Waals surface area contributed by atoms with Gasteiger partial charge < -0.3 is 20.1 Å². The molecule has 24 heavy (non-hydrogen) atoms. The molecule has 2 aromatic rings. The molecule has 2 heterocycles. The Hall–Kier alpha value is -2.34. The van der Waals surface area contributed by atoms with Crippen LogP contribution in [0.1, 0.15) is 28.9 Å². The van der Waals surface area contributed by atoms with Crippen molar-refractivity contribution in [2.24, 2.45) is 11.8 Å². The predicted octanol–water partition coefficient (Wildman–Crippen LogP) is 2.33. The Morgan fingerprint density at radius 1 is 1.33 bits per heavy atom. The van der Waals surface area contributed by atoms with E-state index in [0.29, 0.717) is 18.9 Å². The van der Waals surface area contributed by atoms with Crippen LogP contribution in [0.2, 0.25) is 0 Å². The van der Waals surface area contributed by atoms with Crippen LogP contribution in [-0.4, -0.2) is 41.7 Å². The molecule has 1 saturated heterocycles. The fourth-order valence-corrected chi connectivity index (χ4v) is 3.23. The van der Waals surface area contributed by atoms with Gasteiger partial charge in [-0.1, -0.05) is 12.1 Å². The quantitative estimate of drug-likeness (QED) is 0.785. The monoisotopic (exact) mass is 330 g/mol. The highest BCUT2D eigenvalue weighted by molar-refractivity contribution is 5.98. The summed E-state index contributed by atoms with van der Waals surface area (Å²) in [6, 6.07) is 7.71. The number of hydrogen-bond donors (Lipinski definition) is 3. The van der Waals surface area contributed by atoms with Crippen molar-refractivity contribution >= 4 is 22.8 Å². The number of benzene rings is 1. The van der Waals surface area contributed by atoms with Gasteiger partial charge in [0.15, 0.2) is 0 Å². The summed E-state index contributed by atoms with van der Waals surface area (Å²) in [5.74, 6) is -1.68. The standard InChI is InChI=1S/C18H22N2O4/c1-11-2-3-13-9-16(20-15(13)8-11)17(21)19-10-14(18(22)23)12-4-6-24-7-5-12/h2-3,8-9,12,14,20H,4-7,10H2,1H3,(H,19,21)(H,22,23). The first kappa shape index (κ1) is 16.5. The number of aromatic amines is 1. The summed E-state index contributed by atoms with van der Waals surface area (Å²) in [6.45, 7) is 3.30. The van der Waals surface area contributed by atoms with E-state index >= 15 is 0 Å². The molecule has 3 rings (SSSR count). The van der Waals surface area contributed by atoms with Crippen molar-refractivity contribution in [3.63, 3.8) is 0 Å². The van der Waals surface area contributed by atoms with Gasteiger partial charge in [0.25, 0.3) is 5.91 Å². The first-order valence-corrected chi connectivity index (χ1v) is 8.22. The molecule has 1 aliphatic rings. The Morgan fingerprint density at radius 3 is 2.79 bits per heavy atom. The van der Waals surface area contributed by atoms with Crippen molar-refractivity contribution in [3.8, 4) is 0 Å². The molecule has 1 unspecified atom stereocenters. The third-order valence-corrected chi connectivity index (χ3v) is 4.66. The maximum Gasteiger partial charge on any atom is 0.308 e. The number of aromatic nitrogens is 1. The number of H-pyrrole nitrogens is 1. The van der Waals surface area contributed by atoms with Crippen molar-refractivity contribution in [2.45, 2.75) is 19.8 Å². The zero-order valence-electron chi connectivity index (χ0n) is 13.7. The SMILES string of the molecule is Cc1ccc2cc(C(=O)NCC(C(=O)O)C3CCOCC3)[nH]c2c1. The van der Waals surface area contributed by atoms with Crippen LogP contribution in [0.25, 0.3) is 10.9 Å². The van der Waals surface area contributed by atoms with E-state index in [1.54, 1.807) is 6.07 Å². The number of carbonyl (C=O) groups is 2. The summed E-state index contributed by atoms with van der Waals surface area (Å²) in [6.07, 6.45) is 1.44. The van der Waals surface area contributed by atoms with Crippen molar-refractivity contribution in [1.29, 1.82) is 0 Å². The van der Waals surface area contributed by atoms with Crippen LogP contribution in [0.3, 0.4) is 0 Å². The Bertz CT molecular complexity index is 747. The van der Waals surface area contributed by atoms with Gasteiger partial charge in [0, 0.05) is 30.7 Å². The number of aliphatic carboxylic acids is 1. The summed E-state index contributed by atoms with van der Waals surface area (Å²) >= 11 is 0. The fraction of sp³-hybridized carbons (Fsp3) is 0.444. The molecular weight excluding hydrogens is 308 g/mol. The smallest absolute Gasteiger partial charge is 0.308 e. The Morgan fingerprint density at radius 2 is 2.08 bits per heavy atom. The van der Waals surface area contributed by atoms with E-state index < -0.39 is 11.9 Å². The van der Waals surface area contributed by atoms with Gasteiger partial charge in [-0.2, -0.15) is 0 Å². The molecule has 6 nitrogen and oxygen atoms in total. The van der Waals surface area contributed by atoms with Crippen LogP contribution in [-0.2, 0) is 9.53 Å². The van der Waals surface area contributed by atoms with E-state index in [-0.39, 0.29) is 18.4 Å². The largest absolute Gasteiger partial charge is 0.481 e. The second kappa shape index (κ2) is 7.05. The van der Waals surface area contributed by atoms with Gasteiger partial charge in [-0.05, 0) is 43.4 Å². The Kier molecular flexibility index (Phi) is 4.85. The molecule has 3 N–H and O–H groups in total. The van der Waals surface area contributed by atoms with E-state index in [2.05, 4.69) is 10.3 Å². The van der Waals surface area contributed by atoms with Crippen LogP contribution < -0.4 is 5.32 Å². The lowest BCUT2D eigenvalue weighted by atomic mass is 9.86. The van der Waals surface area contributed by atoms with Crippen molar-refractivity contribution in [1.82, 2.24) is 10.3 Å². The predicted molar refractivity (Wildman–Crippen MR) is 90.0 cm³/mol. The summed E-state index contributed by atoms with van der Waals surface area (Å²) < 4.78 is 5.28. The zero-order chi connectivity index (χ0) is 17.1. The summed E-state index contributed by atoms with van der Waals surface area (Å²) in [7, 11) is 0. The van der Waals surface area contributed by atoms with Gasteiger partial charge in [0.05, 0.1) is 5.92 Å². The number of nitrogens with one attached hydrogen (secondary N) is 2. The van der Waals surface area contributed by atoms with E-state index in [9.17, 15) is 14.7 Å². The first-order chi connectivity index (χ1) is 11.5. The van der Waals surface area contributed by atoms with Gasteiger partial charge in [-0.3, -0.25) is 9.59 Å². The maximum absolute atomic E-state index is 12.3. The lowest BCUT2D eigenvalue weighted by Gasteiger charge is -2.27. The van der Waals surface area contributed by atoms with Crippen LogP contribution in [0.15, 0.2) is 24.3 Å². The number of carboxylic acids is 1. The lowest BCUT2D eigenvalue weighted by molar-refractivity contribution is -0.144. The van der Waals surface area contributed by atoms with Gasteiger partial charge in [0.1, 0.15) is 5.69 Å². The molecule has 0 bridgehead atoms. The molecule has 1 amide bonds. The number of aryl methyl sites for hydroxylation is 1. The maximum atomic E-state index is 12.3. The fourth-order valence-electron chi connectivity index (χ4n) is 3.23. The molecule has 1 aromatic heterocycles. The summed E-state index contributed by atoms with van der Waals surface area (Å²) in [5, 5.41) is 13.2. The third kappa shape index (κ3) is 3.59. The normalized spacial score (nSPS) is 16.9. The third-order valence-electron chi connectivity index (χ3n) is 4.66. The highest BCUT2D eigenvalue weighted by Crippen LogP contribution is 2.24. The Labute approximate surface area is 140 Å². The highest BCUT2D eigenvalue weighted by Gasteiger charge is 2.30. The Balaban J connectivity index is 1.67. The summed E-state index contributed by atoms with van der Waals surface area (Å²) in [5.41, 5.74) is 2.47. The molecule has 6 heteroatoms. The minimum absolute atomic E-state index is 0.0434. The number of carbonyl (C=O) groups excluding carboxylic acids is 1. The van der Waals surface area contributed by atoms with Crippen molar-refractivity contribution < 1.29 is 19.4 Å². The molecule has 1 fully saturated rings. The molecule has 0 spiro atoms. The van der Waals surface area contributed by atoms with E-state index in [0.717, 1.165) is 29.3 Å². The average Bonchev–Trinajstić information content (AvgIpc) is 2.98. The van der Waals surface area contributed by atoms with Crippen LogP contribution in [0, 0.1) is 18.8 Å². The van der Waals surface area contributed by atoms with Gasteiger partial charge in [-0.25, -0.2) is 0 Å². The van der Waals surface area contributed by atoms with E-state index in [1.165, 1.54) is 0 Å². The molecular formula is C18H22N2O4. The second-order valence-corrected chi connectivity index (χ2v) is 6.38. The van der Waals surface area contributed by atoms with Gasteiger partial charge in [0.2, 0.25) is 0 Å². The minimum Gasteiger partial charge on any atom is -0.481 e. The van der Waals surface area contributed by atoms with Crippen molar-refractivity contribution in [3.05, 3.63) is 35.5 Å². The topological polar surface area (TPSA) is 91.4 Å². The van der Waals surface area contributed by atoms with Crippen LogP contribution >= 0.6 is 0 Å². The highest BCUT2D eigenvalue weighted by atomic mass is 16.5. The first-order valence-electron chi connectivity index (χ1n) is 8.22. The molecule has 0 aliphatic carbocycles. The van der Waals surface area contributed by atoms with Crippen LogP contribution in [0.5, 0.6) is 0 Å². The summed E-state index contributed by atoms with van der Waals surface area (Å²) in [4.78, 5) is 27.0. The number of hydrogen-bond acceptors (Lipinski definition) is 3. The van der Waals surface area contributed by atoms with Crippen molar-refractivity contribution in [2.75, 3.05) is 19.8 Å². The van der Waals surface area contributed by atoms with E-state index in [4.69, 9.17) is 4.74 Å².